The second-order valence-electron chi connectivity index (χ2n) is 4.75. The topological polar surface area (TPSA) is 58.4 Å². The van der Waals surface area contributed by atoms with Crippen LogP contribution in [0.1, 0.15) is 39.5 Å². The van der Waals surface area contributed by atoms with E-state index in [1.807, 2.05) is 20.9 Å². The van der Waals surface area contributed by atoms with Crippen molar-refractivity contribution in [1.29, 1.82) is 0 Å². The smallest absolute Gasteiger partial charge is 0.237 e. The molecule has 1 fully saturated rings. The molecule has 0 radical (unpaired) electrons. The zero-order chi connectivity index (χ0) is 12.1. The van der Waals surface area contributed by atoms with E-state index in [4.69, 9.17) is 5.73 Å². The number of carbonyl (C=O) groups excluding carboxylic acids is 1. The Hall–Kier alpha value is -0.610. The fourth-order valence-corrected chi connectivity index (χ4v) is 2.44. The molecule has 3 N–H and O–H groups in total. The number of amides is 1. The fraction of sp³-hybridized carbons (Fsp3) is 0.917. The Morgan fingerprint density at radius 3 is 2.69 bits per heavy atom. The Morgan fingerprint density at radius 1 is 1.50 bits per heavy atom. The van der Waals surface area contributed by atoms with E-state index >= 15 is 0 Å². The van der Waals surface area contributed by atoms with Crippen LogP contribution in [-0.4, -0.2) is 42.5 Å². The molecule has 4 nitrogen and oxygen atoms in total. The highest BCUT2D eigenvalue weighted by Gasteiger charge is 2.30. The summed E-state index contributed by atoms with van der Waals surface area (Å²) in [5, 5.41) is 2.86. The number of nitrogens with two attached hydrogens (primary N) is 1. The van der Waals surface area contributed by atoms with Crippen molar-refractivity contribution < 1.29 is 4.79 Å². The van der Waals surface area contributed by atoms with Crippen LogP contribution in [0.25, 0.3) is 0 Å². The maximum Gasteiger partial charge on any atom is 0.237 e. The van der Waals surface area contributed by atoms with Gasteiger partial charge in [-0.15, -0.1) is 0 Å². The molecule has 0 heterocycles. The number of rotatable bonds is 4. The van der Waals surface area contributed by atoms with Gasteiger partial charge in [0.25, 0.3) is 0 Å². The predicted molar refractivity (Wildman–Crippen MR) is 66.1 cm³/mol. The first-order chi connectivity index (χ1) is 7.57. The van der Waals surface area contributed by atoms with Crippen LogP contribution in [0.3, 0.4) is 0 Å². The Kier molecular flexibility index (Phi) is 5.22. The summed E-state index contributed by atoms with van der Waals surface area (Å²) in [6.07, 6.45) is 4.64. The Balaban J connectivity index is 2.54. The van der Waals surface area contributed by atoms with Gasteiger partial charge in [-0.1, -0.05) is 12.8 Å². The Morgan fingerprint density at radius 2 is 2.12 bits per heavy atom. The zero-order valence-corrected chi connectivity index (χ0v) is 10.7. The lowest BCUT2D eigenvalue weighted by Crippen LogP contribution is -2.54. The summed E-state index contributed by atoms with van der Waals surface area (Å²) >= 11 is 0. The molecule has 0 bridgehead atoms. The van der Waals surface area contributed by atoms with Gasteiger partial charge in [0.05, 0.1) is 6.04 Å². The van der Waals surface area contributed by atoms with E-state index in [1.165, 1.54) is 12.8 Å². The van der Waals surface area contributed by atoms with Crippen molar-refractivity contribution in [3.05, 3.63) is 0 Å². The molecule has 0 aliphatic heterocycles. The molecule has 16 heavy (non-hydrogen) atoms. The standard InChI is InChI=1S/C12H25N3O/c1-4-14-12(16)9(2)15(3)11-8-6-5-7-10(11)13/h9-11H,4-8,13H2,1-3H3,(H,14,16). The van der Waals surface area contributed by atoms with Crippen LogP contribution in [0.4, 0.5) is 0 Å². The monoisotopic (exact) mass is 227 g/mol. The third-order valence-corrected chi connectivity index (χ3v) is 3.65. The van der Waals surface area contributed by atoms with Gasteiger partial charge >= 0.3 is 0 Å². The molecule has 0 aromatic carbocycles. The first kappa shape index (κ1) is 13.5. The van der Waals surface area contributed by atoms with Gasteiger partial charge in [-0.05, 0) is 33.7 Å². The third-order valence-electron chi connectivity index (χ3n) is 3.65. The van der Waals surface area contributed by atoms with Crippen LogP contribution < -0.4 is 11.1 Å². The zero-order valence-electron chi connectivity index (χ0n) is 10.7. The van der Waals surface area contributed by atoms with Crippen molar-refractivity contribution in [3.63, 3.8) is 0 Å². The van der Waals surface area contributed by atoms with Gasteiger partial charge in [-0.2, -0.15) is 0 Å². The van der Waals surface area contributed by atoms with E-state index in [0.717, 1.165) is 12.8 Å². The first-order valence-corrected chi connectivity index (χ1v) is 6.33. The van der Waals surface area contributed by atoms with E-state index < -0.39 is 0 Å². The fourth-order valence-electron chi connectivity index (χ4n) is 2.44. The lowest BCUT2D eigenvalue weighted by atomic mass is 9.89. The van der Waals surface area contributed by atoms with E-state index in [0.29, 0.717) is 12.6 Å². The van der Waals surface area contributed by atoms with Crippen LogP contribution in [-0.2, 0) is 4.79 Å². The van der Waals surface area contributed by atoms with Crippen LogP contribution in [0.15, 0.2) is 0 Å². The highest BCUT2D eigenvalue weighted by Crippen LogP contribution is 2.22. The van der Waals surface area contributed by atoms with Crippen molar-refractivity contribution in [2.24, 2.45) is 5.73 Å². The van der Waals surface area contributed by atoms with Crippen LogP contribution in [0.5, 0.6) is 0 Å². The number of hydrogen-bond donors (Lipinski definition) is 2. The van der Waals surface area contributed by atoms with Gasteiger partial charge in [0.15, 0.2) is 0 Å². The molecular formula is C12H25N3O. The molecule has 1 saturated carbocycles. The molecular weight excluding hydrogens is 202 g/mol. The normalized spacial score (nSPS) is 27.8. The second kappa shape index (κ2) is 6.21. The average Bonchev–Trinajstić information content (AvgIpc) is 2.28. The van der Waals surface area contributed by atoms with E-state index in [1.54, 1.807) is 0 Å². The maximum absolute atomic E-state index is 11.7. The van der Waals surface area contributed by atoms with Gasteiger partial charge in [0.2, 0.25) is 5.91 Å². The molecule has 1 aliphatic rings. The largest absolute Gasteiger partial charge is 0.355 e. The minimum atomic E-state index is -0.0888. The third kappa shape index (κ3) is 3.19. The summed E-state index contributed by atoms with van der Waals surface area (Å²) < 4.78 is 0. The van der Waals surface area contributed by atoms with Crippen LogP contribution in [0.2, 0.25) is 0 Å². The second-order valence-corrected chi connectivity index (χ2v) is 4.75. The quantitative estimate of drug-likeness (QED) is 0.744. The predicted octanol–water partition coefficient (Wildman–Crippen LogP) is 0.713. The molecule has 0 spiro atoms. The van der Waals surface area contributed by atoms with Gasteiger partial charge in [0.1, 0.15) is 0 Å². The molecule has 1 aliphatic carbocycles. The molecule has 4 heteroatoms. The molecule has 0 aromatic heterocycles. The lowest BCUT2D eigenvalue weighted by Gasteiger charge is -2.38. The van der Waals surface area contributed by atoms with Crippen molar-refractivity contribution in [1.82, 2.24) is 10.2 Å². The summed E-state index contributed by atoms with van der Waals surface area (Å²) in [6.45, 7) is 4.58. The summed E-state index contributed by atoms with van der Waals surface area (Å²) in [5.74, 6) is 0.0998. The highest BCUT2D eigenvalue weighted by atomic mass is 16.2. The minimum Gasteiger partial charge on any atom is -0.355 e. The first-order valence-electron chi connectivity index (χ1n) is 6.33. The minimum absolute atomic E-state index is 0.0888. The maximum atomic E-state index is 11.7. The summed E-state index contributed by atoms with van der Waals surface area (Å²) in [6, 6.07) is 0.482. The summed E-state index contributed by atoms with van der Waals surface area (Å²) in [5.41, 5.74) is 6.12. The van der Waals surface area contributed by atoms with E-state index in [-0.39, 0.29) is 18.0 Å². The Bertz CT molecular complexity index is 232. The molecule has 3 atom stereocenters. The van der Waals surface area contributed by atoms with Crippen LogP contribution in [0, 0.1) is 0 Å². The van der Waals surface area contributed by atoms with Gasteiger partial charge in [-0.3, -0.25) is 9.69 Å². The number of carbonyl (C=O) groups is 1. The number of nitrogens with zero attached hydrogens (tertiary/aromatic N) is 1. The molecule has 0 aromatic rings. The van der Waals surface area contributed by atoms with Crippen molar-refractivity contribution >= 4 is 5.91 Å². The average molecular weight is 227 g/mol. The molecule has 1 rings (SSSR count). The van der Waals surface area contributed by atoms with E-state index in [2.05, 4.69) is 10.2 Å². The number of likely N-dealkylation sites (N-methyl/N-ethyl adjacent to an activating group) is 2. The van der Waals surface area contributed by atoms with Gasteiger partial charge in [0, 0.05) is 18.6 Å². The summed E-state index contributed by atoms with van der Waals surface area (Å²) in [4.78, 5) is 13.9. The highest BCUT2D eigenvalue weighted by molar-refractivity contribution is 5.81. The molecule has 94 valence electrons. The summed E-state index contributed by atoms with van der Waals surface area (Å²) in [7, 11) is 2.01. The molecule has 0 saturated heterocycles. The molecule has 1 amide bonds. The number of nitrogens with one attached hydrogen (secondary N) is 1. The van der Waals surface area contributed by atoms with Gasteiger partial charge in [-0.25, -0.2) is 0 Å². The Labute approximate surface area is 98.6 Å². The van der Waals surface area contributed by atoms with Gasteiger partial charge < -0.3 is 11.1 Å². The number of hydrogen-bond acceptors (Lipinski definition) is 3. The van der Waals surface area contributed by atoms with Crippen molar-refractivity contribution in [2.75, 3.05) is 13.6 Å². The van der Waals surface area contributed by atoms with E-state index in [9.17, 15) is 4.79 Å². The molecule has 3 unspecified atom stereocenters. The van der Waals surface area contributed by atoms with Crippen molar-refractivity contribution in [3.8, 4) is 0 Å². The lowest BCUT2D eigenvalue weighted by molar-refractivity contribution is -0.126. The SMILES string of the molecule is CCNC(=O)C(C)N(C)C1CCCCC1N. The van der Waals surface area contributed by atoms with Crippen molar-refractivity contribution in [2.45, 2.75) is 57.7 Å². The van der Waals surface area contributed by atoms with Crippen LogP contribution >= 0.6 is 0 Å².